The van der Waals surface area contributed by atoms with E-state index in [4.69, 9.17) is 4.42 Å². The molecule has 1 N–H and O–H groups in total. The smallest absolute Gasteiger partial charge is 0.350 e. The molecule has 4 rings (SSSR count). The molecule has 5 nitrogen and oxygen atoms in total. The van der Waals surface area contributed by atoms with E-state index in [9.17, 15) is 4.79 Å². The van der Waals surface area contributed by atoms with Gasteiger partial charge in [-0.05, 0) is 24.3 Å². The number of fused-ring (bicyclic) bond motifs is 2. The van der Waals surface area contributed by atoms with Gasteiger partial charge in [-0.3, -0.25) is 5.10 Å². The SMILES string of the molecule is O=c1oc2ccccc2cc1Sc1cccc2[nH]nnc12. The lowest BCUT2D eigenvalue weighted by molar-refractivity contribution is 0.544. The van der Waals surface area contributed by atoms with Crippen molar-refractivity contribution in [1.82, 2.24) is 15.4 Å². The number of aromatic amines is 1. The summed E-state index contributed by atoms with van der Waals surface area (Å²) in [6, 6.07) is 15.0. The van der Waals surface area contributed by atoms with Crippen molar-refractivity contribution >= 4 is 33.8 Å². The summed E-state index contributed by atoms with van der Waals surface area (Å²) in [7, 11) is 0. The molecule has 2 heterocycles. The molecule has 0 unspecified atom stereocenters. The quantitative estimate of drug-likeness (QED) is 0.575. The van der Waals surface area contributed by atoms with Crippen LogP contribution in [0, 0.1) is 0 Å². The van der Waals surface area contributed by atoms with E-state index < -0.39 is 0 Å². The lowest BCUT2D eigenvalue weighted by atomic mass is 10.2. The highest BCUT2D eigenvalue weighted by Crippen LogP contribution is 2.31. The summed E-state index contributed by atoms with van der Waals surface area (Å²) in [6.45, 7) is 0. The molecule has 0 spiro atoms. The average Bonchev–Trinajstić information content (AvgIpc) is 2.97. The number of aromatic nitrogens is 3. The first-order valence-corrected chi connectivity index (χ1v) is 7.13. The fourth-order valence-corrected chi connectivity index (χ4v) is 3.10. The molecule has 21 heavy (non-hydrogen) atoms. The molecular weight excluding hydrogens is 286 g/mol. The summed E-state index contributed by atoms with van der Waals surface area (Å²) in [4.78, 5) is 13.5. The summed E-state index contributed by atoms with van der Waals surface area (Å²) in [5, 5.41) is 11.5. The fraction of sp³-hybridized carbons (Fsp3) is 0. The monoisotopic (exact) mass is 295 g/mol. The number of hydrogen-bond donors (Lipinski definition) is 1. The van der Waals surface area contributed by atoms with Gasteiger partial charge in [-0.25, -0.2) is 4.79 Å². The third kappa shape index (κ3) is 2.09. The molecule has 0 saturated carbocycles. The Hall–Kier alpha value is -2.60. The van der Waals surface area contributed by atoms with Gasteiger partial charge in [0.05, 0.1) is 10.4 Å². The van der Waals surface area contributed by atoms with E-state index in [0.29, 0.717) is 10.5 Å². The first-order valence-electron chi connectivity index (χ1n) is 6.32. The standard InChI is InChI=1S/C15H9N3O2S/c19-15-13(8-9-4-1-2-6-11(9)20-15)21-12-7-3-5-10-14(12)17-18-16-10/h1-8H,(H,16,17,18). The lowest BCUT2D eigenvalue weighted by Crippen LogP contribution is -2.01. The zero-order valence-electron chi connectivity index (χ0n) is 10.7. The molecule has 2 aromatic heterocycles. The Balaban J connectivity index is 1.85. The van der Waals surface area contributed by atoms with Crippen molar-refractivity contribution in [3.05, 3.63) is 59.0 Å². The van der Waals surface area contributed by atoms with Crippen molar-refractivity contribution in [1.29, 1.82) is 0 Å². The molecule has 0 bridgehead atoms. The lowest BCUT2D eigenvalue weighted by Gasteiger charge is -2.02. The Labute approximate surface area is 123 Å². The minimum Gasteiger partial charge on any atom is -0.422 e. The van der Waals surface area contributed by atoms with Gasteiger partial charge in [-0.15, -0.1) is 5.10 Å². The summed E-state index contributed by atoms with van der Waals surface area (Å²) in [6.07, 6.45) is 0. The number of hydrogen-bond acceptors (Lipinski definition) is 5. The van der Waals surface area contributed by atoms with Crippen LogP contribution in [0.1, 0.15) is 0 Å². The topological polar surface area (TPSA) is 71.8 Å². The summed E-state index contributed by atoms with van der Waals surface area (Å²) < 4.78 is 5.34. The Morgan fingerprint density at radius 2 is 1.95 bits per heavy atom. The molecule has 2 aromatic carbocycles. The van der Waals surface area contributed by atoms with Crippen molar-refractivity contribution in [2.75, 3.05) is 0 Å². The first kappa shape index (κ1) is 12.2. The van der Waals surface area contributed by atoms with E-state index in [-0.39, 0.29) is 5.63 Å². The minimum absolute atomic E-state index is 0.348. The van der Waals surface area contributed by atoms with Crippen LogP contribution in [0.25, 0.3) is 22.0 Å². The zero-order valence-corrected chi connectivity index (χ0v) is 11.6. The maximum absolute atomic E-state index is 12.1. The predicted molar refractivity (Wildman–Crippen MR) is 80.5 cm³/mol. The van der Waals surface area contributed by atoms with Crippen LogP contribution in [0.2, 0.25) is 0 Å². The molecule has 0 aliphatic rings. The molecule has 0 aliphatic carbocycles. The van der Waals surface area contributed by atoms with Crippen LogP contribution in [0.4, 0.5) is 0 Å². The molecule has 102 valence electrons. The normalized spacial score (nSPS) is 11.2. The van der Waals surface area contributed by atoms with Gasteiger partial charge < -0.3 is 4.42 Å². The van der Waals surface area contributed by atoms with Crippen molar-refractivity contribution in [3.63, 3.8) is 0 Å². The number of rotatable bonds is 2. The molecule has 0 aliphatic heterocycles. The van der Waals surface area contributed by atoms with Crippen LogP contribution >= 0.6 is 11.8 Å². The summed E-state index contributed by atoms with van der Waals surface area (Å²) >= 11 is 1.33. The molecule has 6 heteroatoms. The van der Waals surface area contributed by atoms with Gasteiger partial charge in [0.2, 0.25) is 0 Å². The van der Waals surface area contributed by atoms with Gasteiger partial charge in [-0.1, -0.05) is 41.2 Å². The molecule has 0 amide bonds. The van der Waals surface area contributed by atoms with E-state index in [0.717, 1.165) is 21.3 Å². The van der Waals surface area contributed by atoms with E-state index in [2.05, 4.69) is 15.4 Å². The van der Waals surface area contributed by atoms with Crippen LogP contribution in [-0.2, 0) is 0 Å². The summed E-state index contributed by atoms with van der Waals surface area (Å²) in [5.74, 6) is 0. The van der Waals surface area contributed by atoms with Crippen LogP contribution < -0.4 is 5.63 Å². The molecule has 0 fully saturated rings. The van der Waals surface area contributed by atoms with Gasteiger partial charge in [0, 0.05) is 10.3 Å². The van der Waals surface area contributed by atoms with Crippen LogP contribution in [0.3, 0.4) is 0 Å². The Morgan fingerprint density at radius 1 is 1.05 bits per heavy atom. The minimum atomic E-state index is -0.348. The maximum Gasteiger partial charge on any atom is 0.350 e. The fourth-order valence-electron chi connectivity index (χ4n) is 2.16. The number of para-hydroxylation sites is 1. The molecular formula is C15H9N3O2S. The van der Waals surface area contributed by atoms with Gasteiger partial charge in [0.15, 0.2) is 0 Å². The van der Waals surface area contributed by atoms with Crippen molar-refractivity contribution in [2.45, 2.75) is 9.79 Å². The highest BCUT2D eigenvalue weighted by molar-refractivity contribution is 7.99. The highest BCUT2D eigenvalue weighted by Gasteiger charge is 2.10. The second-order valence-electron chi connectivity index (χ2n) is 4.50. The molecule has 0 radical (unpaired) electrons. The second-order valence-corrected chi connectivity index (χ2v) is 5.59. The van der Waals surface area contributed by atoms with Crippen molar-refractivity contribution < 1.29 is 4.42 Å². The van der Waals surface area contributed by atoms with E-state index in [1.54, 1.807) is 6.07 Å². The highest BCUT2D eigenvalue weighted by atomic mass is 32.2. The van der Waals surface area contributed by atoms with E-state index >= 15 is 0 Å². The van der Waals surface area contributed by atoms with Crippen molar-refractivity contribution in [3.8, 4) is 0 Å². The van der Waals surface area contributed by atoms with E-state index in [1.807, 2.05) is 42.5 Å². The van der Waals surface area contributed by atoms with Crippen LogP contribution in [-0.4, -0.2) is 15.4 Å². The zero-order chi connectivity index (χ0) is 14.2. The number of nitrogens with zero attached hydrogens (tertiary/aromatic N) is 2. The maximum atomic E-state index is 12.1. The molecule has 0 atom stereocenters. The van der Waals surface area contributed by atoms with Gasteiger partial charge in [0.1, 0.15) is 11.1 Å². The van der Waals surface area contributed by atoms with Crippen LogP contribution in [0.15, 0.2) is 67.5 Å². The Kier molecular flexibility index (Phi) is 2.75. The van der Waals surface area contributed by atoms with E-state index in [1.165, 1.54) is 11.8 Å². The van der Waals surface area contributed by atoms with Gasteiger partial charge >= 0.3 is 5.63 Å². The predicted octanol–water partition coefficient (Wildman–Crippen LogP) is 3.22. The third-order valence-corrected chi connectivity index (χ3v) is 4.20. The van der Waals surface area contributed by atoms with Crippen LogP contribution in [0.5, 0.6) is 0 Å². The average molecular weight is 295 g/mol. The Bertz CT molecular complexity index is 1010. The second kappa shape index (κ2) is 4.75. The molecule has 4 aromatic rings. The van der Waals surface area contributed by atoms with Gasteiger partial charge in [0.25, 0.3) is 0 Å². The van der Waals surface area contributed by atoms with Gasteiger partial charge in [-0.2, -0.15) is 0 Å². The summed E-state index contributed by atoms with van der Waals surface area (Å²) in [5.41, 5.74) is 1.82. The number of nitrogens with one attached hydrogen (secondary N) is 1. The third-order valence-electron chi connectivity index (χ3n) is 3.15. The van der Waals surface area contributed by atoms with Crippen molar-refractivity contribution in [2.24, 2.45) is 0 Å². The Morgan fingerprint density at radius 3 is 2.90 bits per heavy atom. The largest absolute Gasteiger partial charge is 0.422 e. The first-order chi connectivity index (χ1) is 10.3. The number of benzene rings is 2. The number of H-pyrrole nitrogens is 1. The molecule has 0 saturated heterocycles.